The van der Waals surface area contributed by atoms with Crippen LogP contribution in [0, 0.1) is 0 Å². The third-order valence-corrected chi connectivity index (χ3v) is 4.51. The number of ether oxygens (including phenoxy) is 2. The van der Waals surface area contributed by atoms with E-state index in [0.717, 1.165) is 25.9 Å². The first kappa shape index (κ1) is 17.0. The summed E-state index contributed by atoms with van der Waals surface area (Å²) in [6.45, 7) is 4.10. The first-order chi connectivity index (χ1) is 11.8. The highest BCUT2D eigenvalue weighted by Gasteiger charge is 2.24. The van der Waals surface area contributed by atoms with Crippen LogP contribution < -0.4 is 5.32 Å². The normalized spacial score (nSPS) is 21.2. The highest BCUT2D eigenvalue weighted by atomic mass is 16.5. The van der Waals surface area contributed by atoms with Gasteiger partial charge in [0.05, 0.1) is 25.9 Å². The number of nitrogens with one attached hydrogen (secondary N) is 1. The number of hydrogen-bond donors (Lipinski definition) is 1. The van der Waals surface area contributed by atoms with Gasteiger partial charge in [0.2, 0.25) is 0 Å². The van der Waals surface area contributed by atoms with Crippen LogP contribution in [0.2, 0.25) is 0 Å². The molecular formula is C19H26N2O3. The Morgan fingerprint density at radius 1 is 1.25 bits per heavy atom. The highest BCUT2D eigenvalue weighted by molar-refractivity contribution is 5.74. The molecule has 0 aliphatic carbocycles. The molecule has 3 rings (SSSR count). The maximum Gasteiger partial charge on any atom is 0.317 e. The lowest BCUT2D eigenvalue weighted by Crippen LogP contribution is -2.50. The molecule has 1 fully saturated rings. The first-order valence-corrected chi connectivity index (χ1v) is 8.75. The van der Waals surface area contributed by atoms with Crippen molar-refractivity contribution in [1.82, 2.24) is 10.2 Å². The van der Waals surface area contributed by atoms with Gasteiger partial charge in [0.1, 0.15) is 0 Å². The molecule has 1 aromatic carbocycles. The topological polar surface area (TPSA) is 50.8 Å². The summed E-state index contributed by atoms with van der Waals surface area (Å²) in [7, 11) is 0. The predicted octanol–water partition coefficient (Wildman–Crippen LogP) is 2.38. The number of benzene rings is 1. The summed E-state index contributed by atoms with van der Waals surface area (Å²) in [5.74, 6) is 0. The fraction of sp³-hybridized carbons (Fsp3) is 0.526. The van der Waals surface area contributed by atoms with Crippen LogP contribution in [0.5, 0.6) is 0 Å². The van der Waals surface area contributed by atoms with E-state index in [4.69, 9.17) is 9.47 Å². The SMILES string of the molecule is O=C(NCCC1=CCOCC1)N1CCOC(Cc2ccccc2)C1. The number of urea groups is 1. The Morgan fingerprint density at radius 3 is 2.92 bits per heavy atom. The van der Waals surface area contributed by atoms with Gasteiger partial charge in [-0.1, -0.05) is 42.0 Å². The second-order valence-electron chi connectivity index (χ2n) is 6.30. The van der Waals surface area contributed by atoms with E-state index < -0.39 is 0 Å². The van der Waals surface area contributed by atoms with Crippen molar-refractivity contribution in [1.29, 1.82) is 0 Å². The monoisotopic (exact) mass is 330 g/mol. The third kappa shape index (κ3) is 5.08. The van der Waals surface area contributed by atoms with Gasteiger partial charge in [0.15, 0.2) is 0 Å². The zero-order valence-electron chi connectivity index (χ0n) is 14.1. The molecule has 0 saturated carbocycles. The van der Waals surface area contributed by atoms with Crippen molar-refractivity contribution in [3.8, 4) is 0 Å². The van der Waals surface area contributed by atoms with Gasteiger partial charge < -0.3 is 19.7 Å². The Kier molecular flexibility index (Phi) is 6.26. The van der Waals surface area contributed by atoms with Crippen molar-refractivity contribution >= 4 is 6.03 Å². The van der Waals surface area contributed by atoms with E-state index in [1.165, 1.54) is 11.1 Å². The Balaban J connectivity index is 1.42. The number of morpholine rings is 1. The quantitative estimate of drug-likeness (QED) is 0.843. The lowest BCUT2D eigenvalue weighted by molar-refractivity contribution is -0.0132. The number of hydrogen-bond acceptors (Lipinski definition) is 3. The molecule has 5 nitrogen and oxygen atoms in total. The second-order valence-corrected chi connectivity index (χ2v) is 6.30. The minimum Gasteiger partial charge on any atom is -0.377 e. The summed E-state index contributed by atoms with van der Waals surface area (Å²) in [4.78, 5) is 14.2. The van der Waals surface area contributed by atoms with E-state index >= 15 is 0 Å². The van der Waals surface area contributed by atoms with E-state index in [1.54, 1.807) is 0 Å². The van der Waals surface area contributed by atoms with Crippen molar-refractivity contribution in [2.45, 2.75) is 25.4 Å². The van der Waals surface area contributed by atoms with Crippen LogP contribution in [0.25, 0.3) is 0 Å². The zero-order valence-corrected chi connectivity index (χ0v) is 14.1. The van der Waals surface area contributed by atoms with Crippen molar-refractivity contribution in [2.24, 2.45) is 0 Å². The Morgan fingerprint density at radius 2 is 2.12 bits per heavy atom. The molecule has 1 saturated heterocycles. The molecule has 0 aromatic heterocycles. The van der Waals surface area contributed by atoms with Crippen LogP contribution in [0.15, 0.2) is 42.0 Å². The Bertz CT molecular complexity index is 559. The van der Waals surface area contributed by atoms with Gasteiger partial charge in [-0.15, -0.1) is 0 Å². The third-order valence-electron chi connectivity index (χ3n) is 4.51. The van der Waals surface area contributed by atoms with Gasteiger partial charge >= 0.3 is 6.03 Å². The van der Waals surface area contributed by atoms with Crippen LogP contribution in [-0.4, -0.2) is 56.5 Å². The van der Waals surface area contributed by atoms with Crippen LogP contribution in [0.4, 0.5) is 4.79 Å². The molecule has 5 heteroatoms. The summed E-state index contributed by atoms with van der Waals surface area (Å²) in [5.41, 5.74) is 2.63. The highest BCUT2D eigenvalue weighted by Crippen LogP contribution is 2.13. The minimum atomic E-state index is 0.0176. The maximum absolute atomic E-state index is 12.4. The van der Waals surface area contributed by atoms with E-state index in [9.17, 15) is 4.79 Å². The van der Waals surface area contributed by atoms with Crippen LogP contribution >= 0.6 is 0 Å². The molecule has 0 bridgehead atoms. The summed E-state index contributed by atoms with van der Waals surface area (Å²) >= 11 is 0. The van der Waals surface area contributed by atoms with Gasteiger partial charge in [-0.2, -0.15) is 0 Å². The maximum atomic E-state index is 12.4. The van der Waals surface area contributed by atoms with E-state index in [2.05, 4.69) is 23.5 Å². The fourth-order valence-electron chi connectivity index (χ4n) is 3.14. The van der Waals surface area contributed by atoms with Gasteiger partial charge in [0.25, 0.3) is 0 Å². The molecule has 2 amide bonds. The summed E-state index contributed by atoms with van der Waals surface area (Å²) < 4.78 is 11.1. The van der Waals surface area contributed by atoms with E-state index in [0.29, 0.717) is 32.8 Å². The van der Waals surface area contributed by atoms with Gasteiger partial charge in [-0.05, 0) is 18.4 Å². The van der Waals surface area contributed by atoms with Crippen molar-refractivity contribution in [3.63, 3.8) is 0 Å². The summed E-state index contributed by atoms with van der Waals surface area (Å²) in [6, 6.07) is 10.3. The van der Waals surface area contributed by atoms with Crippen LogP contribution in [0.1, 0.15) is 18.4 Å². The number of rotatable bonds is 5. The van der Waals surface area contributed by atoms with Gasteiger partial charge in [0, 0.05) is 26.1 Å². The first-order valence-electron chi connectivity index (χ1n) is 8.75. The average molecular weight is 330 g/mol. The predicted molar refractivity (Wildman–Crippen MR) is 93.0 cm³/mol. The molecule has 1 atom stereocenters. The average Bonchev–Trinajstić information content (AvgIpc) is 2.64. The van der Waals surface area contributed by atoms with Crippen LogP contribution in [-0.2, 0) is 15.9 Å². The zero-order chi connectivity index (χ0) is 16.6. The number of carbonyl (C=O) groups excluding carboxylic acids is 1. The lowest BCUT2D eigenvalue weighted by Gasteiger charge is -2.33. The molecule has 2 aliphatic heterocycles. The fourth-order valence-corrected chi connectivity index (χ4v) is 3.14. The molecule has 1 unspecified atom stereocenters. The number of carbonyl (C=O) groups is 1. The molecule has 24 heavy (non-hydrogen) atoms. The molecule has 1 N–H and O–H groups in total. The number of nitrogens with zero attached hydrogens (tertiary/aromatic N) is 1. The molecule has 0 radical (unpaired) electrons. The Hall–Kier alpha value is -1.85. The molecule has 2 heterocycles. The van der Waals surface area contributed by atoms with Gasteiger partial charge in [-0.25, -0.2) is 4.79 Å². The molecule has 130 valence electrons. The second kappa shape index (κ2) is 8.85. The minimum absolute atomic E-state index is 0.0176. The van der Waals surface area contributed by atoms with Crippen molar-refractivity contribution in [2.75, 3.05) is 39.5 Å². The Labute approximate surface area is 143 Å². The standard InChI is InChI=1S/C19H26N2O3/c22-19(20-9-6-16-7-11-23-12-8-16)21-10-13-24-18(15-21)14-17-4-2-1-3-5-17/h1-5,7,18H,6,8-15H2,(H,20,22). The lowest BCUT2D eigenvalue weighted by atomic mass is 10.1. The van der Waals surface area contributed by atoms with Crippen molar-refractivity contribution < 1.29 is 14.3 Å². The van der Waals surface area contributed by atoms with Gasteiger partial charge in [-0.3, -0.25) is 0 Å². The molecular weight excluding hydrogens is 304 g/mol. The molecule has 0 spiro atoms. The van der Waals surface area contributed by atoms with E-state index in [1.807, 2.05) is 23.1 Å². The van der Waals surface area contributed by atoms with E-state index in [-0.39, 0.29) is 12.1 Å². The smallest absolute Gasteiger partial charge is 0.317 e. The summed E-state index contributed by atoms with van der Waals surface area (Å²) in [6.07, 6.45) is 4.93. The van der Waals surface area contributed by atoms with Crippen LogP contribution in [0.3, 0.4) is 0 Å². The van der Waals surface area contributed by atoms with Crippen molar-refractivity contribution in [3.05, 3.63) is 47.5 Å². The molecule has 1 aromatic rings. The molecule has 2 aliphatic rings. The largest absolute Gasteiger partial charge is 0.377 e. The number of amides is 2. The summed E-state index contributed by atoms with van der Waals surface area (Å²) in [5, 5.41) is 3.03.